The molecule has 88 valence electrons. The maximum atomic E-state index is 9.65. The van der Waals surface area contributed by atoms with Gasteiger partial charge in [0.25, 0.3) is 0 Å². The van der Waals surface area contributed by atoms with Gasteiger partial charge in [-0.15, -0.1) is 0 Å². The van der Waals surface area contributed by atoms with Crippen LogP contribution in [0.25, 0.3) is 0 Å². The summed E-state index contributed by atoms with van der Waals surface area (Å²) < 4.78 is 5.50. The second-order valence-electron chi connectivity index (χ2n) is 5.02. The molecule has 2 N–H and O–H groups in total. The van der Waals surface area contributed by atoms with E-state index in [0.717, 1.165) is 29.7 Å². The number of hydrogen-bond acceptors (Lipinski definition) is 3. The number of aliphatic hydroxyl groups is 2. The number of aliphatic hydroxyl groups excluding tert-OH is 1. The highest BCUT2D eigenvalue weighted by Crippen LogP contribution is 2.33. The van der Waals surface area contributed by atoms with Crippen molar-refractivity contribution < 1.29 is 14.9 Å². The molecule has 0 fully saturated rings. The van der Waals surface area contributed by atoms with Crippen molar-refractivity contribution in [3.8, 4) is 5.75 Å². The van der Waals surface area contributed by atoms with Gasteiger partial charge in [-0.25, -0.2) is 0 Å². The van der Waals surface area contributed by atoms with Crippen molar-refractivity contribution in [1.82, 2.24) is 0 Å². The quantitative estimate of drug-likeness (QED) is 0.820. The van der Waals surface area contributed by atoms with Gasteiger partial charge >= 0.3 is 0 Å². The topological polar surface area (TPSA) is 49.7 Å². The van der Waals surface area contributed by atoms with Gasteiger partial charge in [-0.05, 0) is 49.9 Å². The first-order chi connectivity index (χ1) is 7.46. The summed E-state index contributed by atoms with van der Waals surface area (Å²) in [5, 5.41) is 19.2. The van der Waals surface area contributed by atoms with Gasteiger partial charge in [0, 0.05) is 0 Å². The summed E-state index contributed by atoms with van der Waals surface area (Å²) in [5.41, 5.74) is 1.34. The highest BCUT2D eigenvalue weighted by Gasteiger charge is 2.21. The predicted molar refractivity (Wildman–Crippen MR) is 61.5 cm³/mol. The van der Waals surface area contributed by atoms with Crippen LogP contribution in [0.1, 0.15) is 37.5 Å². The molecule has 0 bridgehead atoms. The maximum absolute atomic E-state index is 9.65. The Labute approximate surface area is 95.7 Å². The molecule has 1 aromatic rings. The fraction of sp³-hybridized carbons (Fsp3) is 0.538. The highest BCUT2D eigenvalue weighted by atomic mass is 16.5. The third kappa shape index (κ3) is 2.54. The lowest BCUT2D eigenvalue weighted by molar-refractivity contribution is 0.0284. The van der Waals surface area contributed by atoms with Crippen molar-refractivity contribution in [3.05, 3.63) is 29.3 Å². The predicted octanol–water partition coefficient (Wildman–Crippen LogP) is 1.82. The summed E-state index contributed by atoms with van der Waals surface area (Å²) in [6.45, 7) is 3.70. The zero-order valence-corrected chi connectivity index (χ0v) is 9.73. The first-order valence-electron chi connectivity index (χ1n) is 5.62. The van der Waals surface area contributed by atoms with Crippen molar-refractivity contribution in [2.24, 2.45) is 0 Å². The highest BCUT2D eigenvalue weighted by molar-refractivity contribution is 5.39. The summed E-state index contributed by atoms with van der Waals surface area (Å²) in [6, 6.07) is 5.71. The van der Waals surface area contributed by atoms with E-state index in [9.17, 15) is 10.2 Å². The van der Waals surface area contributed by atoms with Crippen molar-refractivity contribution in [2.45, 2.75) is 38.4 Å². The largest absolute Gasteiger partial charge is 0.491 e. The van der Waals surface area contributed by atoms with Crippen LogP contribution in [0.15, 0.2) is 18.2 Å². The molecule has 0 radical (unpaired) electrons. The van der Waals surface area contributed by atoms with Crippen molar-refractivity contribution >= 4 is 0 Å². The Morgan fingerprint density at radius 2 is 2.19 bits per heavy atom. The molecule has 1 atom stereocenters. The monoisotopic (exact) mass is 222 g/mol. The lowest BCUT2D eigenvalue weighted by Crippen LogP contribution is -2.27. The van der Waals surface area contributed by atoms with E-state index in [1.807, 2.05) is 18.2 Å². The average molecular weight is 222 g/mol. The molecular weight excluding hydrogens is 204 g/mol. The third-order valence-corrected chi connectivity index (χ3v) is 2.75. The van der Waals surface area contributed by atoms with Crippen LogP contribution in [-0.2, 0) is 6.42 Å². The van der Waals surface area contributed by atoms with Gasteiger partial charge in [-0.3, -0.25) is 0 Å². The molecule has 1 aliphatic rings. The van der Waals surface area contributed by atoms with Crippen LogP contribution >= 0.6 is 0 Å². The molecule has 0 amide bonds. The molecule has 0 aromatic heterocycles. The average Bonchev–Trinajstić information content (AvgIpc) is 2.56. The van der Waals surface area contributed by atoms with Gasteiger partial charge in [0.15, 0.2) is 0 Å². The Hall–Kier alpha value is -1.06. The lowest BCUT2D eigenvalue weighted by Gasteiger charge is -2.18. The van der Waals surface area contributed by atoms with Gasteiger partial charge in [0.05, 0.1) is 11.7 Å². The Balaban J connectivity index is 2.08. The second kappa shape index (κ2) is 4.07. The molecular formula is C13H18O3. The summed E-state index contributed by atoms with van der Waals surface area (Å²) >= 11 is 0. The molecule has 16 heavy (non-hydrogen) atoms. The Morgan fingerprint density at radius 3 is 2.88 bits per heavy atom. The number of ether oxygens (including phenoxy) is 1. The standard InChI is InChI=1S/C13H18O3/c1-13(2,15)8-16-10-4-5-11-9(7-10)3-6-12(11)14/h4-5,7,12,14-15H,3,6,8H2,1-2H3. The van der Waals surface area contributed by atoms with Crippen LogP contribution in [0.2, 0.25) is 0 Å². The minimum Gasteiger partial charge on any atom is -0.491 e. The molecule has 0 aliphatic heterocycles. The summed E-state index contributed by atoms with van der Waals surface area (Å²) in [6.07, 6.45) is 1.37. The van der Waals surface area contributed by atoms with Crippen LogP contribution in [-0.4, -0.2) is 22.4 Å². The molecule has 0 saturated carbocycles. The van der Waals surface area contributed by atoms with E-state index in [1.54, 1.807) is 13.8 Å². The van der Waals surface area contributed by atoms with Gasteiger partial charge in [-0.2, -0.15) is 0 Å². The summed E-state index contributed by atoms with van der Waals surface area (Å²) in [5.74, 6) is 0.759. The van der Waals surface area contributed by atoms with E-state index >= 15 is 0 Å². The fourth-order valence-corrected chi connectivity index (χ4v) is 1.92. The minimum absolute atomic E-state index is 0.272. The van der Waals surface area contributed by atoms with Crippen LogP contribution in [0.3, 0.4) is 0 Å². The third-order valence-electron chi connectivity index (χ3n) is 2.75. The Bertz CT molecular complexity index is 379. The zero-order chi connectivity index (χ0) is 11.8. The van der Waals surface area contributed by atoms with Gasteiger partial charge in [0.2, 0.25) is 0 Å². The van der Waals surface area contributed by atoms with Crippen LogP contribution < -0.4 is 4.74 Å². The first-order valence-corrected chi connectivity index (χ1v) is 5.62. The number of aryl methyl sites for hydroxylation is 1. The smallest absolute Gasteiger partial charge is 0.119 e. The number of rotatable bonds is 3. The van der Waals surface area contributed by atoms with Crippen molar-refractivity contribution in [2.75, 3.05) is 6.61 Å². The van der Waals surface area contributed by atoms with E-state index in [-0.39, 0.29) is 12.7 Å². The van der Waals surface area contributed by atoms with E-state index in [0.29, 0.717) is 0 Å². The molecule has 0 saturated heterocycles. The second-order valence-corrected chi connectivity index (χ2v) is 5.02. The normalized spacial score (nSPS) is 19.6. The number of hydrogen-bond donors (Lipinski definition) is 2. The molecule has 0 spiro atoms. The van der Waals surface area contributed by atoms with Gasteiger partial charge in [-0.1, -0.05) is 6.07 Å². The van der Waals surface area contributed by atoms with Crippen LogP contribution in [0.4, 0.5) is 0 Å². The Morgan fingerprint density at radius 1 is 1.44 bits per heavy atom. The molecule has 3 nitrogen and oxygen atoms in total. The van der Waals surface area contributed by atoms with Crippen molar-refractivity contribution in [3.63, 3.8) is 0 Å². The SMILES string of the molecule is CC(C)(O)COc1ccc2c(c1)CCC2O. The lowest BCUT2D eigenvalue weighted by atomic mass is 10.1. The molecule has 1 unspecified atom stereocenters. The van der Waals surface area contributed by atoms with E-state index in [2.05, 4.69) is 0 Å². The molecule has 1 aromatic carbocycles. The molecule has 3 heteroatoms. The Kier molecular flexibility index (Phi) is 2.91. The maximum Gasteiger partial charge on any atom is 0.119 e. The van der Waals surface area contributed by atoms with Gasteiger partial charge in [0.1, 0.15) is 12.4 Å². The molecule has 0 heterocycles. The first kappa shape index (κ1) is 11.4. The number of fused-ring (bicyclic) bond motifs is 1. The van der Waals surface area contributed by atoms with E-state index in [1.165, 1.54) is 0 Å². The summed E-state index contributed by atoms with van der Waals surface area (Å²) in [4.78, 5) is 0. The fourth-order valence-electron chi connectivity index (χ4n) is 1.92. The van der Waals surface area contributed by atoms with E-state index in [4.69, 9.17) is 4.74 Å². The van der Waals surface area contributed by atoms with Crippen LogP contribution in [0.5, 0.6) is 5.75 Å². The van der Waals surface area contributed by atoms with Crippen LogP contribution in [0, 0.1) is 0 Å². The summed E-state index contributed by atoms with van der Waals surface area (Å²) in [7, 11) is 0. The zero-order valence-electron chi connectivity index (χ0n) is 9.73. The number of benzene rings is 1. The van der Waals surface area contributed by atoms with Crippen molar-refractivity contribution in [1.29, 1.82) is 0 Å². The minimum atomic E-state index is -0.821. The molecule has 2 rings (SSSR count). The van der Waals surface area contributed by atoms with Gasteiger partial charge < -0.3 is 14.9 Å². The van der Waals surface area contributed by atoms with E-state index < -0.39 is 5.60 Å². The molecule has 1 aliphatic carbocycles.